The highest BCUT2D eigenvalue weighted by molar-refractivity contribution is 5.76. The molecule has 1 fully saturated rings. The molecule has 1 amide bonds. The van der Waals surface area contributed by atoms with Crippen LogP contribution < -0.4 is 10.1 Å². The smallest absolute Gasteiger partial charge is 0.222 e. The van der Waals surface area contributed by atoms with Gasteiger partial charge in [0.2, 0.25) is 5.91 Å². The molecule has 1 aliphatic rings. The Bertz CT molecular complexity index is 496. The number of hydrogen-bond donors (Lipinski definition) is 1. The summed E-state index contributed by atoms with van der Waals surface area (Å²) in [6.45, 7) is 4.16. The zero-order chi connectivity index (χ0) is 17.9. The molecule has 0 aliphatic carbocycles. The lowest BCUT2D eigenvalue weighted by Gasteiger charge is -2.32. The van der Waals surface area contributed by atoms with Crippen molar-refractivity contribution < 1.29 is 14.3 Å². The fourth-order valence-electron chi connectivity index (χ4n) is 3.22. The average Bonchev–Trinajstić information content (AvgIpc) is 2.65. The molecule has 1 saturated heterocycles. The van der Waals surface area contributed by atoms with Crippen molar-refractivity contribution in [2.75, 3.05) is 47.0 Å². The summed E-state index contributed by atoms with van der Waals surface area (Å²) in [5.41, 5.74) is 1.24. The molecule has 0 atom stereocenters. The number of hydrogen-bond acceptors (Lipinski definition) is 4. The molecular weight excluding hydrogens is 316 g/mol. The van der Waals surface area contributed by atoms with Crippen molar-refractivity contribution >= 4 is 5.91 Å². The van der Waals surface area contributed by atoms with E-state index in [0.717, 1.165) is 57.7 Å². The van der Waals surface area contributed by atoms with E-state index in [-0.39, 0.29) is 5.91 Å². The summed E-state index contributed by atoms with van der Waals surface area (Å²) in [5.74, 6) is 1.84. The summed E-state index contributed by atoms with van der Waals surface area (Å²) in [5, 5.41) is 3.23. The first-order valence-electron chi connectivity index (χ1n) is 9.36. The maximum atomic E-state index is 12.3. The predicted molar refractivity (Wildman–Crippen MR) is 100.0 cm³/mol. The van der Waals surface area contributed by atoms with Crippen molar-refractivity contribution in [1.82, 2.24) is 10.2 Å². The van der Waals surface area contributed by atoms with Gasteiger partial charge in [0.25, 0.3) is 0 Å². The van der Waals surface area contributed by atoms with E-state index in [0.29, 0.717) is 18.9 Å². The van der Waals surface area contributed by atoms with Crippen LogP contribution >= 0.6 is 0 Å². The zero-order valence-corrected chi connectivity index (χ0v) is 15.6. The fourth-order valence-corrected chi connectivity index (χ4v) is 3.22. The summed E-state index contributed by atoms with van der Waals surface area (Å²) in [6.07, 6.45) is 4.47. The minimum absolute atomic E-state index is 0.265. The third-order valence-corrected chi connectivity index (χ3v) is 4.78. The second kappa shape index (κ2) is 11.1. The van der Waals surface area contributed by atoms with Crippen molar-refractivity contribution in [2.24, 2.45) is 5.92 Å². The molecule has 1 aromatic rings. The topological polar surface area (TPSA) is 50.8 Å². The van der Waals surface area contributed by atoms with E-state index in [1.807, 2.05) is 24.1 Å². The molecule has 0 spiro atoms. The number of ether oxygens (including phenoxy) is 2. The van der Waals surface area contributed by atoms with E-state index < -0.39 is 0 Å². The van der Waals surface area contributed by atoms with E-state index in [1.54, 1.807) is 7.11 Å². The van der Waals surface area contributed by atoms with Gasteiger partial charge in [-0.1, -0.05) is 12.1 Å². The maximum Gasteiger partial charge on any atom is 0.222 e. The number of nitrogens with one attached hydrogen (secondary N) is 1. The molecule has 0 unspecified atom stereocenters. The highest BCUT2D eigenvalue weighted by atomic mass is 16.5. The van der Waals surface area contributed by atoms with Gasteiger partial charge in [-0.15, -0.1) is 0 Å². The Morgan fingerprint density at radius 1 is 1.20 bits per heavy atom. The van der Waals surface area contributed by atoms with Gasteiger partial charge in [-0.25, -0.2) is 0 Å². The second-order valence-electron chi connectivity index (χ2n) is 6.72. The summed E-state index contributed by atoms with van der Waals surface area (Å²) in [4.78, 5) is 14.3. The Balaban J connectivity index is 1.60. The lowest BCUT2D eigenvalue weighted by atomic mass is 9.96. The number of nitrogens with zero attached hydrogens (tertiary/aromatic N) is 1. The molecule has 1 aromatic carbocycles. The molecule has 5 nitrogen and oxygen atoms in total. The Kier molecular flexibility index (Phi) is 8.77. The summed E-state index contributed by atoms with van der Waals surface area (Å²) in [6, 6.07) is 8.10. The van der Waals surface area contributed by atoms with Crippen molar-refractivity contribution in [3.63, 3.8) is 0 Å². The third-order valence-electron chi connectivity index (χ3n) is 4.78. The van der Waals surface area contributed by atoms with Crippen LogP contribution in [0.15, 0.2) is 24.3 Å². The van der Waals surface area contributed by atoms with Crippen LogP contribution in [0.25, 0.3) is 0 Å². The first kappa shape index (κ1) is 19.7. The van der Waals surface area contributed by atoms with E-state index in [2.05, 4.69) is 17.4 Å². The van der Waals surface area contributed by atoms with Crippen LogP contribution in [0.3, 0.4) is 0 Å². The molecule has 5 heteroatoms. The molecule has 0 radical (unpaired) electrons. The van der Waals surface area contributed by atoms with E-state index in [1.165, 1.54) is 5.56 Å². The fraction of sp³-hybridized carbons (Fsp3) is 0.650. The zero-order valence-electron chi connectivity index (χ0n) is 15.6. The highest BCUT2D eigenvalue weighted by Gasteiger charge is 2.21. The van der Waals surface area contributed by atoms with Gasteiger partial charge in [0, 0.05) is 26.6 Å². The predicted octanol–water partition coefficient (Wildman–Crippen LogP) is 2.49. The summed E-state index contributed by atoms with van der Waals surface area (Å²) in [7, 11) is 3.70. The van der Waals surface area contributed by atoms with Crippen molar-refractivity contribution in [2.45, 2.75) is 32.1 Å². The van der Waals surface area contributed by atoms with Crippen LogP contribution in [0, 0.1) is 5.92 Å². The maximum absolute atomic E-state index is 12.3. The molecule has 25 heavy (non-hydrogen) atoms. The van der Waals surface area contributed by atoms with Gasteiger partial charge in [-0.05, 0) is 62.9 Å². The number of amides is 1. The van der Waals surface area contributed by atoms with Gasteiger partial charge in [0.1, 0.15) is 5.75 Å². The standard InChI is InChI=1S/C20H32N2O3/c1-21-16-18-9-12-22(13-10-18)20(23)4-3-14-25-19-7-5-17(6-8-19)11-15-24-2/h5-8,18,21H,3-4,9-16H2,1-2H3. The first-order chi connectivity index (χ1) is 12.2. The number of benzene rings is 1. The van der Waals surface area contributed by atoms with Gasteiger partial charge in [0.05, 0.1) is 13.2 Å². The first-order valence-corrected chi connectivity index (χ1v) is 9.36. The molecule has 0 aromatic heterocycles. The molecule has 1 aliphatic heterocycles. The Hall–Kier alpha value is -1.59. The lowest BCUT2D eigenvalue weighted by Crippen LogP contribution is -2.40. The molecular formula is C20H32N2O3. The normalized spacial score (nSPS) is 15.4. The number of rotatable bonds is 10. The number of methoxy groups -OCH3 is 1. The monoisotopic (exact) mass is 348 g/mol. The van der Waals surface area contributed by atoms with Crippen molar-refractivity contribution in [1.29, 1.82) is 0 Å². The van der Waals surface area contributed by atoms with Gasteiger partial charge in [0.15, 0.2) is 0 Å². The summed E-state index contributed by atoms with van der Waals surface area (Å²) < 4.78 is 10.8. The average molecular weight is 348 g/mol. The molecule has 0 saturated carbocycles. The summed E-state index contributed by atoms with van der Waals surface area (Å²) >= 11 is 0. The molecule has 1 heterocycles. The Labute approximate surface area is 151 Å². The van der Waals surface area contributed by atoms with E-state index >= 15 is 0 Å². The molecule has 1 N–H and O–H groups in total. The minimum atomic E-state index is 0.265. The van der Waals surface area contributed by atoms with Crippen LogP contribution in [-0.2, 0) is 16.0 Å². The van der Waals surface area contributed by atoms with E-state index in [9.17, 15) is 4.79 Å². The van der Waals surface area contributed by atoms with Crippen molar-refractivity contribution in [3.8, 4) is 5.75 Å². The minimum Gasteiger partial charge on any atom is -0.494 e. The number of likely N-dealkylation sites (tertiary alicyclic amines) is 1. The van der Waals surface area contributed by atoms with Gasteiger partial charge in [-0.3, -0.25) is 4.79 Å². The van der Waals surface area contributed by atoms with E-state index in [4.69, 9.17) is 9.47 Å². The SMILES string of the molecule is CNCC1CCN(C(=O)CCCOc2ccc(CCOC)cc2)CC1. The quantitative estimate of drug-likeness (QED) is 0.660. The van der Waals surface area contributed by atoms with Gasteiger partial charge in [-0.2, -0.15) is 0 Å². The van der Waals surface area contributed by atoms with Gasteiger partial charge < -0.3 is 19.7 Å². The lowest BCUT2D eigenvalue weighted by molar-refractivity contribution is -0.132. The van der Waals surface area contributed by atoms with Crippen LogP contribution in [0.4, 0.5) is 0 Å². The van der Waals surface area contributed by atoms with Crippen LogP contribution in [-0.4, -0.2) is 57.8 Å². The second-order valence-corrected chi connectivity index (χ2v) is 6.72. The largest absolute Gasteiger partial charge is 0.494 e. The third kappa shape index (κ3) is 7.04. The Morgan fingerprint density at radius 2 is 1.92 bits per heavy atom. The van der Waals surface area contributed by atoms with Crippen LogP contribution in [0.1, 0.15) is 31.2 Å². The molecule has 2 rings (SSSR count). The Morgan fingerprint density at radius 3 is 2.56 bits per heavy atom. The van der Waals surface area contributed by atoms with Crippen LogP contribution in [0.5, 0.6) is 5.75 Å². The number of carbonyl (C=O) groups is 1. The van der Waals surface area contributed by atoms with Gasteiger partial charge >= 0.3 is 0 Å². The number of piperidine rings is 1. The van der Waals surface area contributed by atoms with Crippen LogP contribution in [0.2, 0.25) is 0 Å². The van der Waals surface area contributed by atoms with Crippen molar-refractivity contribution in [3.05, 3.63) is 29.8 Å². The highest BCUT2D eigenvalue weighted by Crippen LogP contribution is 2.18. The molecule has 140 valence electrons. The number of carbonyl (C=O) groups excluding carboxylic acids is 1. The molecule has 0 bridgehead atoms.